The van der Waals surface area contributed by atoms with E-state index in [1.54, 1.807) is 0 Å². The predicted octanol–water partition coefficient (Wildman–Crippen LogP) is 1.85. The third kappa shape index (κ3) is 3.29. The summed E-state index contributed by atoms with van der Waals surface area (Å²) in [6.07, 6.45) is 4.31. The molecule has 3 nitrogen and oxygen atoms in total. The average Bonchev–Trinajstić information content (AvgIpc) is 3.10. The van der Waals surface area contributed by atoms with Gasteiger partial charge in [0.15, 0.2) is 5.78 Å². The molecular formula is C13H23NO2. The molecule has 2 fully saturated rings. The Labute approximate surface area is 98.1 Å². The second kappa shape index (κ2) is 5.28. The van der Waals surface area contributed by atoms with Crippen molar-refractivity contribution in [3.05, 3.63) is 0 Å². The van der Waals surface area contributed by atoms with Gasteiger partial charge in [0.05, 0.1) is 6.61 Å². The zero-order chi connectivity index (χ0) is 11.5. The molecule has 16 heavy (non-hydrogen) atoms. The van der Waals surface area contributed by atoms with Crippen molar-refractivity contribution in [3.8, 4) is 0 Å². The van der Waals surface area contributed by atoms with Crippen molar-refractivity contribution in [1.82, 2.24) is 4.90 Å². The van der Waals surface area contributed by atoms with Crippen LogP contribution in [0.5, 0.6) is 0 Å². The fourth-order valence-corrected chi connectivity index (χ4v) is 2.25. The molecule has 1 heterocycles. The molecule has 3 heteroatoms. The van der Waals surface area contributed by atoms with E-state index in [-0.39, 0.29) is 6.10 Å². The van der Waals surface area contributed by atoms with Crippen molar-refractivity contribution < 1.29 is 9.53 Å². The second-order valence-electron chi connectivity index (χ2n) is 5.40. The molecule has 2 aliphatic rings. The Morgan fingerprint density at radius 3 is 2.81 bits per heavy atom. The molecule has 0 aromatic rings. The van der Waals surface area contributed by atoms with Gasteiger partial charge in [-0.15, -0.1) is 0 Å². The minimum atomic E-state index is -0.158. The lowest BCUT2D eigenvalue weighted by Gasteiger charge is -2.34. The lowest BCUT2D eigenvalue weighted by Crippen LogP contribution is -2.48. The van der Waals surface area contributed by atoms with E-state index in [0.29, 0.717) is 18.4 Å². The summed E-state index contributed by atoms with van der Waals surface area (Å²) >= 11 is 0. The van der Waals surface area contributed by atoms with Crippen molar-refractivity contribution in [2.24, 2.45) is 5.92 Å². The minimum absolute atomic E-state index is 0.158. The lowest BCUT2D eigenvalue weighted by molar-refractivity contribution is -0.137. The first-order chi connectivity index (χ1) is 7.66. The van der Waals surface area contributed by atoms with Gasteiger partial charge in [0, 0.05) is 25.6 Å². The van der Waals surface area contributed by atoms with Gasteiger partial charge in [0.25, 0.3) is 0 Å². The molecule has 0 N–H and O–H groups in total. The van der Waals surface area contributed by atoms with Crippen molar-refractivity contribution >= 4 is 5.78 Å². The normalized spacial score (nSPS) is 27.3. The molecule has 0 bridgehead atoms. The van der Waals surface area contributed by atoms with Crippen molar-refractivity contribution in [1.29, 1.82) is 0 Å². The number of ether oxygens (including phenoxy) is 1. The number of carbonyl (C=O) groups is 1. The van der Waals surface area contributed by atoms with Gasteiger partial charge in [-0.1, -0.05) is 12.8 Å². The predicted molar refractivity (Wildman–Crippen MR) is 63.4 cm³/mol. The van der Waals surface area contributed by atoms with Gasteiger partial charge in [-0.3, -0.25) is 9.69 Å². The van der Waals surface area contributed by atoms with E-state index in [2.05, 4.69) is 18.7 Å². The summed E-state index contributed by atoms with van der Waals surface area (Å²) < 4.78 is 5.58. The summed E-state index contributed by atoms with van der Waals surface area (Å²) in [4.78, 5) is 14.3. The molecule has 0 aromatic heterocycles. The molecule has 1 aliphatic carbocycles. The zero-order valence-corrected chi connectivity index (χ0v) is 10.4. The summed E-state index contributed by atoms with van der Waals surface area (Å²) in [5, 5.41) is 0. The van der Waals surface area contributed by atoms with E-state index < -0.39 is 0 Å². The number of ketones is 1. The van der Waals surface area contributed by atoms with Crippen molar-refractivity contribution in [3.63, 3.8) is 0 Å². The van der Waals surface area contributed by atoms with Gasteiger partial charge < -0.3 is 4.74 Å². The number of nitrogens with zero attached hydrogens (tertiary/aromatic N) is 1. The van der Waals surface area contributed by atoms with E-state index in [9.17, 15) is 4.79 Å². The molecule has 1 aliphatic heterocycles. The molecule has 92 valence electrons. The molecule has 2 rings (SSSR count). The van der Waals surface area contributed by atoms with Crippen LogP contribution in [0.15, 0.2) is 0 Å². The Morgan fingerprint density at radius 2 is 2.19 bits per heavy atom. The highest BCUT2D eigenvalue weighted by Gasteiger charge is 2.29. The Morgan fingerprint density at radius 1 is 1.44 bits per heavy atom. The largest absolute Gasteiger partial charge is 0.368 e. The minimum Gasteiger partial charge on any atom is -0.368 e. The quantitative estimate of drug-likeness (QED) is 0.715. The maximum Gasteiger partial charge on any atom is 0.162 e. The van der Waals surface area contributed by atoms with Gasteiger partial charge >= 0.3 is 0 Å². The van der Waals surface area contributed by atoms with Crippen LogP contribution in [0.4, 0.5) is 0 Å². The smallest absolute Gasteiger partial charge is 0.162 e. The number of hydrogen-bond donors (Lipinski definition) is 0. The Balaban J connectivity index is 1.75. The van der Waals surface area contributed by atoms with E-state index >= 15 is 0 Å². The molecule has 1 unspecified atom stereocenters. The van der Waals surface area contributed by atoms with Gasteiger partial charge in [-0.05, 0) is 26.2 Å². The van der Waals surface area contributed by atoms with Crippen LogP contribution in [0.1, 0.15) is 39.5 Å². The molecule has 0 aromatic carbocycles. The van der Waals surface area contributed by atoms with Gasteiger partial charge in [0.2, 0.25) is 0 Å². The highest BCUT2D eigenvalue weighted by Crippen LogP contribution is 2.33. The van der Waals surface area contributed by atoms with Crippen molar-refractivity contribution in [2.75, 3.05) is 19.7 Å². The highest BCUT2D eigenvalue weighted by atomic mass is 16.5. The first-order valence-electron chi connectivity index (χ1n) is 6.55. The lowest BCUT2D eigenvalue weighted by atomic mass is 10.1. The summed E-state index contributed by atoms with van der Waals surface area (Å²) in [5.41, 5.74) is 0. The number of rotatable bonds is 5. The number of Topliss-reactive ketones (excluding diaryl/α,β-unsaturated/α-hetero) is 1. The molecule has 1 atom stereocenters. The molecule has 0 spiro atoms. The maximum atomic E-state index is 11.9. The van der Waals surface area contributed by atoms with E-state index in [0.717, 1.165) is 31.8 Å². The van der Waals surface area contributed by atoms with Crippen LogP contribution in [-0.4, -0.2) is 42.5 Å². The number of morpholine rings is 1. The Kier molecular flexibility index (Phi) is 3.98. The zero-order valence-electron chi connectivity index (χ0n) is 10.4. The van der Waals surface area contributed by atoms with Gasteiger partial charge in [-0.2, -0.15) is 0 Å². The third-order valence-corrected chi connectivity index (χ3v) is 3.68. The van der Waals surface area contributed by atoms with Crippen LogP contribution < -0.4 is 0 Å². The van der Waals surface area contributed by atoms with Crippen LogP contribution in [0.3, 0.4) is 0 Å². The Bertz CT molecular complexity index is 248. The van der Waals surface area contributed by atoms with Crippen LogP contribution in [0, 0.1) is 5.92 Å². The van der Waals surface area contributed by atoms with E-state index in [4.69, 9.17) is 4.74 Å². The first kappa shape index (κ1) is 12.1. The fraction of sp³-hybridized carbons (Fsp3) is 0.923. The maximum absolute atomic E-state index is 11.9. The van der Waals surface area contributed by atoms with Gasteiger partial charge in [0.1, 0.15) is 6.10 Å². The Hall–Kier alpha value is -0.410. The van der Waals surface area contributed by atoms with E-state index in [1.165, 1.54) is 12.8 Å². The average molecular weight is 225 g/mol. The molecular weight excluding hydrogens is 202 g/mol. The summed E-state index contributed by atoms with van der Waals surface area (Å²) in [6, 6.07) is 0.516. The standard InChI is InChI=1S/C13H23NO2/c1-10(2)14-7-8-16-13(9-14)12(15)6-5-11-3-4-11/h10-11,13H,3-9H2,1-2H3. The number of hydrogen-bond acceptors (Lipinski definition) is 3. The monoisotopic (exact) mass is 225 g/mol. The summed E-state index contributed by atoms with van der Waals surface area (Å²) in [7, 11) is 0. The topological polar surface area (TPSA) is 29.5 Å². The first-order valence-corrected chi connectivity index (χ1v) is 6.55. The van der Waals surface area contributed by atoms with Crippen LogP contribution >= 0.6 is 0 Å². The molecule has 1 saturated carbocycles. The highest BCUT2D eigenvalue weighted by molar-refractivity contribution is 5.83. The van der Waals surface area contributed by atoms with E-state index in [1.807, 2.05) is 0 Å². The summed E-state index contributed by atoms with van der Waals surface area (Å²) in [5.74, 6) is 1.16. The van der Waals surface area contributed by atoms with Crippen molar-refractivity contribution in [2.45, 2.75) is 51.7 Å². The SMILES string of the molecule is CC(C)N1CCOC(C(=O)CCC2CC2)C1. The van der Waals surface area contributed by atoms with Crippen LogP contribution in [-0.2, 0) is 9.53 Å². The third-order valence-electron chi connectivity index (χ3n) is 3.68. The van der Waals surface area contributed by atoms with Crippen LogP contribution in [0.25, 0.3) is 0 Å². The van der Waals surface area contributed by atoms with Crippen LogP contribution in [0.2, 0.25) is 0 Å². The molecule has 0 amide bonds. The molecule has 0 radical (unpaired) electrons. The second-order valence-corrected chi connectivity index (χ2v) is 5.40. The van der Waals surface area contributed by atoms with Gasteiger partial charge in [-0.25, -0.2) is 0 Å². The molecule has 1 saturated heterocycles. The fourth-order valence-electron chi connectivity index (χ4n) is 2.25. The summed E-state index contributed by atoms with van der Waals surface area (Å²) in [6.45, 7) is 6.82. The number of carbonyl (C=O) groups excluding carboxylic acids is 1.